The molecule has 0 fully saturated rings. The molecule has 2 unspecified atom stereocenters. The van der Waals surface area contributed by atoms with Crippen molar-refractivity contribution in [3.8, 4) is 0 Å². The van der Waals surface area contributed by atoms with Gasteiger partial charge in [0.15, 0.2) is 0 Å². The maximum Gasteiger partial charge on any atom is 0.0897 e. The van der Waals surface area contributed by atoms with Crippen LogP contribution in [0.25, 0.3) is 0 Å². The van der Waals surface area contributed by atoms with Crippen LogP contribution in [-0.2, 0) is 4.74 Å². The summed E-state index contributed by atoms with van der Waals surface area (Å²) >= 11 is 0. The second-order valence-electron chi connectivity index (χ2n) is 4.25. The molecule has 0 rings (SSSR count). The summed E-state index contributed by atoms with van der Waals surface area (Å²) in [6.45, 7) is 10.2. The predicted molar refractivity (Wildman–Crippen MR) is 59.4 cm³/mol. The zero-order valence-electron chi connectivity index (χ0n) is 9.92. The van der Waals surface area contributed by atoms with Gasteiger partial charge in [-0.1, -0.05) is 13.8 Å². The third-order valence-electron chi connectivity index (χ3n) is 2.04. The standard InChI is InChI=1S/C11H25NO2/c1-5-14-8-11(13)7-12-10(4)6-9(2)3/h9-13H,5-8H2,1-4H3. The van der Waals surface area contributed by atoms with Crippen LogP contribution in [0.2, 0.25) is 0 Å². The molecule has 2 atom stereocenters. The summed E-state index contributed by atoms with van der Waals surface area (Å²) in [5.74, 6) is 0.696. The summed E-state index contributed by atoms with van der Waals surface area (Å²) in [4.78, 5) is 0. The van der Waals surface area contributed by atoms with Crippen LogP contribution in [0.5, 0.6) is 0 Å². The topological polar surface area (TPSA) is 41.5 Å². The van der Waals surface area contributed by atoms with Crippen LogP contribution in [0.1, 0.15) is 34.1 Å². The Labute approximate surface area is 87.8 Å². The summed E-state index contributed by atoms with van der Waals surface area (Å²) in [6, 6.07) is 0.464. The minimum Gasteiger partial charge on any atom is -0.389 e. The molecule has 0 amide bonds. The Morgan fingerprint density at radius 2 is 1.93 bits per heavy atom. The van der Waals surface area contributed by atoms with E-state index in [1.165, 1.54) is 0 Å². The number of aliphatic hydroxyl groups is 1. The molecule has 0 spiro atoms. The van der Waals surface area contributed by atoms with Gasteiger partial charge >= 0.3 is 0 Å². The monoisotopic (exact) mass is 203 g/mol. The zero-order chi connectivity index (χ0) is 11.0. The largest absolute Gasteiger partial charge is 0.389 e. The van der Waals surface area contributed by atoms with E-state index < -0.39 is 0 Å². The van der Waals surface area contributed by atoms with Crippen molar-refractivity contribution >= 4 is 0 Å². The molecule has 3 heteroatoms. The summed E-state index contributed by atoms with van der Waals surface area (Å²) < 4.78 is 5.12. The van der Waals surface area contributed by atoms with E-state index in [1.807, 2.05) is 6.92 Å². The quantitative estimate of drug-likeness (QED) is 0.626. The van der Waals surface area contributed by atoms with Crippen molar-refractivity contribution in [1.29, 1.82) is 0 Å². The van der Waals surface area contributed by atoms with Gasteiger partial charge in [0.05, 0.1) is 12.7 Å². The molecule has 2 N–H and O–H groups in total. The number of aliphatic hydroxyl groups excluding tert-OH is 1. The first-order chi connectivity index (χ1) is 6.56. The fraction of sp³-hybridized carbons (Fsp3) is 1.00. The minimum atomic E-state index is -0.385. The average molecular weight is 203 g/mol. The van der Waals surface area contributed by atoms with Crippen molar-refractivity contribution in [3.63, 3.8) is 0 Å². The highest BCUT2D eigenvalue weighted by Gasteiger charge is 2.07. The van der Waals surface area contributed by atoms with Crippen molar-refractivity contribution in [3.05, 3.63) is 0 Å². The van der Waals surface area contributed by atoms with Gasteiger partial charge in [0.2, 0.25) is 0 Å². The Hall–Kier alpha value is -0.120. The maximum absolute atomic E-state index is 9.48. The number of hydrogen-bond acceptors (Lipinski definition) is 3. The van der Waals surface area contributed by atoms with E-state index in [1.54, 1.807) is 0 Å². The molecule has 0 aromatic carbocycles. The molecule has 0 aromatic heterocycles. The third kappa shape index (κ3) is 8.48. The molecule has 0 aliphatic carbocycles. The molecule has 86 valence electrons. The summed E-state index contributed by atoms with van der Waals surface area (Å²) in [7, 11) is 0. The number of rotatable bonds is 8. The van der Waals surface area contributed by atoms with Crippen molar-refractivity contribution in [2.75, 3.05) is 19.8 Å². The predicted octanol–water partition coefficient (Wildman–Crippen LogP) is 1.41. The molecular formula is C11H25NO2. The Morgan fingerprint density at radius 3 is 2.43 bits per heavy atom. The third-order valence-corrected chi connectivity index (χ3v) is 2.04. The first-order valence-corrected chi connectivity index (χ1v) is 5.55. The Balaban J connectivity index is 3.40. The summed E-state index contributed by atoms with van der Waals surface area (Å²) in [5.41, 5.74) is 0. The number of hydrogen-bond donors (Lipinski definition) is 2. The van der Waals surface area contributed by atoms with Crippen molar-refractivity contribution in [1.82, 2.24) is 5.32 Å². The summed E-state index contributed by atoms with van der Waals surface area (Å²) in [6.07, 6.45) is 0.756. The molecule has 14 heavy (non-hydrogen) atoms. The van der Waals surface area contributed by atoms with Crippen molar-refractivity contribution in [2.45, 2.75) is 46.3 Å². The van der Waals surface area contributed by atoms with E-state index in [9.17, 15) is 5.11 Å². The zero-order valence-corrected chi connectivity index (χ0v) is 9.92. The number of nitrogens with one attached hydrogen (secondary N) is 1. The highest BCUT2D eigenvalue weighted by atomic mass is 16.5. The average Bonchev–Trinajstić information content (AvgIpc) is 2.10. The van der Waals surface area contributed by atoms with Crippen molar-refractivity contribution in [2.24, 2.45) is 5.92 Å². The lowest BCUT2D eigenvalue weighted by Gasteiger charge is -2.18. The molecule has 3 nitrogen and oxygen atoms in total. The van der Waals surface area contributed by atoms with Crippen LogP contribution in [0.3, 0.4) is 0 Å². The first kappa shape index (κ1) is 13.9. The number of ether oxygens (including phenoxy) is 1. The van der Waals surface area contributed by atoms with Gasteiger partial charge in [0.25, 0.3) is 0 Å². The molecular weight excluding hydrogens is 178 g/mol. The molecule has 0 saturated heterocycles. The van der Waals surface area contributed by atoms with Gasteiger partial charge in [-0.25, -0.2) is 0 Å². The van der Waals surface area contributed by atoms with E-state index in [0.29, 0.717) is 31.7 Å². The molecule has 0 heterocycles. The van der Waals surface area contributed by atoms with Crippen LogP contribution < -0.4 is 5.32 Å². The van der Waals surface area contributed by atoms with E-state index >= 15 is 0 Å². The van der Waals surface area contributed by atoms with Gasteiger partial charge in [0, 0.05) is 19.2 Å². The van der Waals surface area contributed by atoms with Gasteiger partial charge in [-0.15, -0.1) is 0 Å². The highest BCUT2D eigenvalue weighted by Crippen LogP contribution is 2.03. The SMILES string of the molecule is CCOCC(O)CNC(C)CC(C)C. The fourth-order valence-electron chi connectivity index (χ4n) is 1.44. The lowest BCUT2D eigenvalue weighted by Crippen LogP contribution is -2.36. The van der Waals surface area contributed by atoms with Gasteiger partial charge in [-0.3, -0.25) is 0 Å². The van der Waals surface area contributed by atoms with Crippen LogP contribution >= 0.6 is 0 Å². The van der Waals surface area contributed by atoms with Gasteiger partial charge in [-0.2, -0.15) is 0 Å². The smallest absolute Gasteiger partial charge is 0.0897 e. The minimum absolute atomic E-state index is 0.385. The normalized spacial score (nSPS) is 15.9. The molecule has 0 aromatic rings. The van der Waals surface area contributed by atoms with Gasteiger partial charge < -0.3 is 15.2 Å². The lowest BCUT2D eigenvalue weighted by molar-refractivity contribution is 0.0413. The lowest BCUT2D eigenvalue weighted by atomic mass is 10.1. The Kier molecular flexibility index (Phi) is 8.14. The van der Waals surface area contributed by atoms with E-state index in [-0.39, 0.29) is 6.10 Å². The molecule has 0 saturated carbocycles. The second kappa shape index (κ2) is 8.21. The maximum atomic E-state index is 9.48. The van der Waals surface area contributed by atoms with E-state index in [0.717, 1.165) is 6.42 Å². The van der Waals surface area contributed by atoms with Crippen LogP contribution in [0.15, 0.2) is 0 Å². The van der Waals surface area contributed by atoms with Crippen LogP contribution in [-0.4, -0.2) is 37.0 Å². The molecule has 0 aliphatic heterocycles. The summed E-state index contributed by atoms with van der Waals surface area (Å²) in [5, 5.41) is 12.8. The molecule has 0 radical (unpaired) electrons. The highest BCUT2D eigenvalue weighted by molar-refractivity contribution is 4.66. The van der Waals surface area contributed by atoms with Gasteiger partial charge in [0.1, 0.15) is 0 Å². The van der Waals surface area contributed by atoms with E-state index in [4.69, 9.17) is 4.74 Å². The van der Waals surface area contributed by atoms with Gasteiger partial charge in [-0.05, 0) is 26.2 Å². The van der Waals surface area contributed by atoms with E-state index in [2.05, 4.69) is 26.1 Å². The Bertz CT molecular complexity index is 128. The first-order valence-electron chi connectivity index (χ1n) is 5.55. The second-order valence-corrected chi connectivity index (χ2v) is 4.25. The van der Waals surface area contributed by atoms with Crippen LogP contribution in [0.4, 0.5) is 0 Å². The molecule has 0 aliphatic rings. The molecule has 0 bridgehead atoms. The van der Waals surface area contributed by atoms with Crippen LogP contribution in [0, 0.1) is 5.92 Å². The fourth-order valence-corrected chi connectivity index (χ4v) is 1.44. The van der Waals surface area contributed by atoms with Crippen molar-refractivity contribution < 1.29 is 9.84 Å². The Morgan fingerprint density at radius 1 is 1.29 bits per heavy atom.